The van der Waals surface area contributed by atoms with Crippen molar-refractivity contribution in [3.8, 4) is 0 Å². The van der Waals surface area contributed by atoms with Crippen LogP contribution in [0.4, 0.5) is 0 Å². The summed E-state index contributed by atoms with van der Waals surface area (Å²) in [7, 11) is 0. The maximum absolute atomic E-state index is 12.2. The monoisotopic (exact) mass is 244 g/mol. The minimum atomic E-state index is 0.365. The number of carbonyl (C=O) groups excluding carboxylic acids is 1. The van der Waals surface area contributed by atoms with E-state index in [1.807, 2.05) is 0 Å². The molecule has 0 aromatic heterocycles. The smallest absolute Gasteiger partial charge is 0.136 e. The molecule has 0 amide bonds. The third-order valence-corrected chi connectivity index (χ3v) is 4.42. The molecule has 0 bridgehead atoms. The molecule has 0 aliphatic heterocycles. The minimum absolute atomic E-state index is 0.365. The highest BCUT2D eigenvalue weighted by atomic mass is 16.1. The molecule has 18 heavy (non-hydrogen) atoms. The lowest BCUT2D eigenvalue weighted by molar-refractivity contribution is -0.123. The van der Waals surface area contributed by atoms with Crippen LogP contribution in [0.25, 0.3) is 0 Å². The average Bonchev–Trinajstić information content (AvgIpc) is 2.41. The highest BCUT2D eigenvalue weighted by molar-refractivity contribution is 5.81. The third-order valence-electron chi connectivity index (χ3n) is 4.42. The van der Waals surface area contributed by atoms with Gasteiger partial charge in [0.05, 0.1) is 0 Å². The first-order valence-electron chi connectivity index (χ1n) is 7.26. The van der Waals surface area contributed by atoms with Crippen LogP contribution in [0.1, 0.15) is 55.2 Å². The first-order chi connectivity index (χ1) is 8.68. The normalized spacial score (nSPS) is 16.8. The third kappa shape index (κ3) is 3.22. The second kappa shape index (κ2) is 6.17. The predicted molar refractivity (Wildman–Crippen MR) is 75.8 cm³/mol. The van der Waals surface area contributed by atoms with Crippen molar-refractivity contribution in [3.05, 3.63) is 34.9 Å². The van der Waals surface area contributed by atoms with E-state index >= 15 is 0 Å². The van der Waals surface area contributed by atoms with Crippen LogP contribution in [0.2, 0.25) is 0 Å². The molecule has 1 aliphatic rings. The number of hydrogen-bond acceptors (Lipinski definition) is 1. The lowest BCUT2D eigenvalue weighted by Crippen LogP contribution is -2.18. The number of aryl methyl sites for hydroxylation is 2. The van der Waals surface area contributed by atoms with E-state index in [2.05, 4.69) is 32.0 Å². The second-order valence-corrected chi connectivity index (χ2v) is 5.66. The Kier molecular flexibility index (Phi) is 4.57. The Bertz CT molecular complexity index is 414. The molecule has 0 unspecified atom stereocenters. The first kappa shape index (κ1) is 13.3. The molecule has 0 spiro atoms. The molecule has 1 nitrogen and oxygen atoms in total. The molecular formula is C17H24O. The fourth-order valence-electron chi connectivity index (χ4n) is 2.97. The molecule has 0 heterocycles. The fraction of sp³-hybridized carbons (Fsp3) is 0.588. The van der Waals surface area contributed by atoms with Crippen molar-refractivity contribution < 1.29 is 4.79 Å². The number of Topliss-reactive ketones (excluding diaryl/α,β-unsaturated/α-hetero) is 1. The topological polar surface area (TPSA) is 17.1 Å². The first-order valence-corrected chi connectivity index (χ1v) is 7.26. The summed E-state index contributed by atoms with van der Waals surface area (Å²) >= 11 is 0. The zero-order valence-corrected chi connectivity index (χ0v) is 11.7. The molecule has 1 aromatic carbocycles. The molecule has 1 aliphatic carbocycles. The lowest BCUT2D eigenvalue weighted by Gasteiger charge is -2.20. The van der Waals surface area contributed by atoms with Crippen LogP contribution in [-0.2, 0) is 11.2 Å². The van der Waals surface area contributed by atoms with Gasteiger partial charge in [-0.1, -0.05) is 37.5 Å². The Morgan fingerprint density at radius 1 is 1.17 bits per heavy atom. The van der Waals surface area contributed by atoms with Crippen LogP contribution in [0.3, 0.4) is 0 Å². The van der Waals surface area contributed by atoms with E-state index in [9.17, 15) is 4.79 Å². The van der Waals surface area contributed by atoms with Crippen molar-refractivity contribution in [1.82, 2.24) is 0 Å². The van der Waals surface area contributed by atoms with E-state index in [0.717, 1.165) is 25.7 Å². The van der Waals surface area contributed by atoms with Crippen LogP contribution in [0, 0.1) is 19.8 Å². The Labute approximate surface area is 111 Å². The van der Waals surface area contributed by atoms with Crippen molar-refractivity contribution in [3.63, 3.8) is 0 Å². The van der Waals surface area contributed by atoms with Gasteiger partial charge in [0, 0.05) is 12.3 Å². The summed E-state index contributed by atoms with van der Waals surface area (Å²) in [5.41, 5.74) is 4.03. The van der Waals surface area contributed by atoms with E-state index in [1.165, 1.54) is 36.0 Å². The fourth-order valence-corrected chi connectivity index (χ4v) is 2.97. The zero-order valence-electron chi connectivity index (χ0n) is 11.7. The summed E-state index contributed by atoms with van der Waals surface area (Å²) in [6.07, 6.45) is 7.73. The molecular weight excluding hydrogens is 220 g/mol. The SMILES string of the molecule is Cc1cccc(CCC(=O)C2CCCCC2)c1C. The number of rotatable bonds is 4. The zero-order chi connectivity index (χ0) is 13.0. The molecule has 1 saturated carbocycles. The summed E-state index contributed by atoms with van der Waals surface area (Å²) in [5, 5.41) is 0. The van der Waals surface area contributed by atoms with Gasteiger partial charge in [-0.25, -0.2) is 0 Å². The van der Waals surface area contributed by atoms with Crippen LogP contribution in [0.15, 0.2) is 18.2 Å². The Hall–Kier alpha value is -1.11. The number of hydrogen-bond donors (Lipinski definition) is 0. The lowest BCUT2D eigenvalue weighted by atomic mass is 9.84. The molecule has 2 rings (SSSR count). The molecule has 0 N–H and O–H groups in total. The average molecular weight is 244 g/mol. The van der Waals surface area contributed by atoms with Gasteiger partial charge in [-0.05, 0) is 49.8 Å². The van der Waals surface area contributed by atoms with Gasteiger partial charge in [0.25, 0.3) is 0 Å². The van der Waals surface area contributed by atoms with Gasteiger partial charge in [0.1, 0.15) is 5.78 Å². The molecule has 1 fully saturated rings. The largest absolute Gasteiger partial charge is 0.299 e. The van der Waals surface area contributed by atoms with Gasteiger partial charge in [-0.3, -0.25) is 4.79 Å². The van der Waals surface area contributed by atoms with E-state index in [1.54, 1.807) is 0 Å². The highest BCUT2D eigenvalue weighted by Gasteiger charge is 2.20. The van der Waals surface area contributed by atoms with Gasteiger partial charge >= 0.3 is 0 Å². The minimum Gasteiger partial charge on any atom is -0.299 e. The Morgan fingerprint density at radius 3 is 2.61 bits per heavy atom. The summed E-state index contributed by atoms with van der Waals surface area (Å²) in [5.74, 6) is 0.861. The summed E-state index contributed by atoms with van der Waals surface area (Å²) < 4.78 is 0. The van der Waals surface area contributed by atoms with Crippen LogP contribution in [0.5, 0.6) is 0 Å². The van der Waals surface area contributed by atoms with Gasteiger partial charge in [0.15, 0.2) is 0 Å². The number of benzene rings is 1. The van der Waals surface area contributed by atoms with Gasteiger partial charge in [-0.2, -0.15) is 0 Å². The van der Waals surface area contributed by atoms with E-state index in [-0.39, 0.29) is 0 Å². The van der Waals surface area contributed by atoms with Crippen molar-refractivity contribution >= 4 is 5.78 Å². The predicted octanol–water partition coefficient (Wildman–Crippen LogP) is 4.39. The summed E-state index contributed by atoms with van der Waals surface area (Å²) in [4.78, 5) is 12.2. The standard InChI is InChI=1S/C17H24O/c1-13-7-6-10-15(14(13)2)11-12-17(18)16-8-4-3-5-9-16/h6-7,10,16H,3-5,8-9,11-12H2,1-2H3. The van der Waals surface area contributed by atoms with Gasteiger partial charge in [0.2, 0.25) is 0 Å². The van der Waals surface area contributed by atoms with E-state index in [4.69, 9.17) is 0 Å². The highest BCUT2D eigenvalue weighted by Crippen LogP contribution is 2.26. The maximum atomic E-state index is 12.2. The summed E-state index contributed by atoms with van der Waals surface area (Å²) in [6, 6.07) is 6.40. The van der Waals surface area contributed by atoms with Crippen molar-refractivity contribution in [2.75, 3.05) is 0 Å². The molecule has 0 radical (unpaired) electrons. The molecule has 0 atom stereocenters. The van der Waals surface area contributed by atoms with Crippen LogP contribution >= 0.6 is 0 Å². The quantitative estimate of drug-likeness (QED) is 0.768. The van der Waals surface area contributed by atoms with Crippen molar-refractivity contribution in [1.29, 1.82) is 0 Å². The van der Waals surface area contributed by atoms with Crippen molar-refractivity contribution in [2.24, 2.45) is 5.92 Å². The van der Waals surface area contributed by atoms with Crippen LogP contribution < -0.4 is 0 Å². The van der Waals surface area contributed by atoms with E-state index in [0.29, 0.717) is 11.7 Å². The van der Waals surface area contributed by atoms with Gasteiger partial charge in [-0.15, -0.1) is 0 Å². The molecule has 98 valence electrons. The molecule has 1 aromatic rings. The Morgan fingerprint density at radius 2 is 1.89 bits per heavy atom. The number of ketones is 1. The van der Waals surface area contributed by atoms with Crippen molar-refractivity contribution in [2.45, 2.75) is 58.8 Å². The van der Waals surface area contributed by atoms with E-state index < -0.39 is 0 Å². The number of carbonyl (C=O) groups is 1. The Balaban J connectivity index is 1.90. The summed E-state index contributed by atoms with van der Waals surface area (Å²) in [6.45, 7) is 4.30. The second-order valence-electron chi connectivity index (χ2n) is 5.66. The van der Waals surface area contributed by atoms with Crippen LogP contribution in [-0.4, -0.2) is 5.78 Å². The maximum Gasteiger partial charge on any atom is 0.136 e. The molecule has 0 saturated heterocycles. The molecule has 1 heteroatoms. The van der Waals surface area contributed by atoms with Gasteiger partial charge < -0.3 is 0 Å².